The molecule has 1 aliphatic rings. The Bertz CT molecular complexity index is 1270. The summed E-state index contributed by atoms with van der Waals surface area (Å²) < 4.78 is 14.1. The van der Waals surface area contributed by atoms with Crippen LogP contribution in [0.25, 0.3) is 22.2 Å². The van der Waals surface area contributed by atoms with Gasteiger partial charge in [0, 0.05) is 54.1 Å². The van der Waals surface area contributed by atoms with Crippen LogP contribution in [0.4, 0.5) is 4.39 Å². The van der Waals surface area contributed by atoms with Gasteiger partial charge in [0.2, 0.25) is 0 Å². The number of halogens is 1. The third-order valence-corrected chi connectivity index (χ3v) is 5.21. The van der Waals surface area contributed by atoms with E-state index in [1.54, 1.807) is 12.4 Å². The van der Waals surface area contributed by atoms with Crippen LogP contribution in [-0.2, 0) is 0 Å². The fraction of sp³-hybridized carbons (Fsp3) is 0.259. The minimum absolute atomic E-state index is 0.122. The van der Waals surface area contributed by atoms with Crippen molar-refractivity contribution in [3.05, 3.63) is 90.1 Å². The number of hydrogen-bond acceptors (Lipinski definition) is 5. The van der Waals surface area contributed by atoms with E-state index < -0.39 is 5.67 Å². The van der Waals surface area contributed by atoms with Crippen molar-refractivity contribution in [1.29, 1.82) is 0 Å². The van der Waals surface area contributed by atoms with E-state index in [9.17, 15) is 4.39 Å². The van der Waals surface area contributed by atoms with Crippen LogP contribution in [0.3, 0.4) is 0 Å². The molecule has 3 rings (SSSR count). The highest BCUT2D eigenvalue weighted by atomic mass is 19.1. The van der Waals surface area contributed by atoms with Gasteiger partial charge < -0.3 is 15.6 Å². The highest BCUT2D eigenvalue weighted by Gasteiger charge is 2.19. The summed E-state index contributed by atoms with van der Waals surface area (Å²) >= 11 is 0. The fourth-order valence-corrected chi connectivity index (χ4v) is 3.56. The highest BCUT2D eigenvalue weighted by Crippen LogP contribution is 2.32. The Morgan fingerprint density at radius 2 is 2.15 bits per heavy atom. The molecule has 34 heavy (non-hydrogen) atoms. The Morgan fingerprint density at radius 1 is 1.35 bits per heavy atom. The van der Waals surface area contributed by atoms with Crippen LogP contribution in [0.5, 0.6) is 0 Å². The lowest BCUT2D eigenvalue weighted by Crippen LogP contribution is -2.31. The zero-order chi connectivity index (χ0) is 24.7. The maximum atomic E-state index is 14.1. The largest absolute Gasteiger partial charge is 0.375 e. The molecular weight excluding hydrogens is 427 g/mol. The number of aromatic nitrogens is 3. The average Bonchev–Trinajstić information content (AvgIpc) is 3.26. The molecule has 176 valence electrons. The van der Waals surface area contributed by atoms with E-state index in [1.165, 1.54) is 13.8 Å². The second-order valence-electron chi connectivity index (χ2n) is 8.25. The van der Waals surface area contributed by atoms with Gasteiger partial charge in [-0.15, -0.1) is 5.73 Å². The normalized spacial score (nSPS) is 15.7. The van der Waals surface area contributed by atoms with Crippen molar-refractivity contribution in [3.63, 3.8) is 0 Å². The van der Waals surface area contributed by atoms with Gasteiger partial charge in [0.25, 0.3) is 0 Å². The number of H-pyrrole nitrogens is 1. The van der Waals surface area contributed by atoms with Gasteiger partial charge >= 0.3 is 0 Å². The van der Waals surface area contributed by atoms with Crippen LogP contribution in [0.15, 0.2) is 83.9 Å². The number of hydrogen-bond donors (Lipinski definition) is 3. The Kier molecular flexibility index (Phi) is 7.82. The van der Waals surface area contributed by atoms with Gasteiger partial charge in [0.05, 0.1) is 16.8 Å². The molecule has 2 aromatic rings. The van der Waals surface area contributed by atoms with Crippen LogP contribution in [-0.4, -0.2) is 39.9 Å². The van der Waals surface area contributed by atoms with Gasteiger partial charge in [-0.2, -0.15) is 0 Å². The number of nitrogens with zero attached hydrogens (tertiary/aromatic N) is 3. The number of fused-ring (bicyclic) bond motifs is 1. The monoisotopic (exact) mass is 458 g/mol. The molecule has 0 atom stereocenters. The molecule has 0 unspecified atom stereocenters. The minimum atomic E-state index is -1.38. The summed E-state index contributed by atoms with van der Waals surface area (Å²) in [5.74, 6) is 0. The molecule has 0 amide bonds. The molecule has 2 aromatic heterocycles. The molecule has 3 N–H and O–H groups in total. The van der Waals surface area contributed by atoms with Crippen molar-refractivity contribution in [2.45, 2.75) is 33.4 Å². The van der Waals surface area contributed by atoms with E-state index in [0.29, 0.717) is 12.2 Å². The predicted molar refractivity (Wildman–Crippen MR) is 140 cm³/mol. The number of aromatic amines is 1. The molecular formula is C27H31FN6. The third-order valence-electron chi connectivity index (χ3n) is 5.21. The Morgan fingerprint density at radius 3 is 2.79 bits per heavy atom. The lowest BCUT2D eigenvalue weighted by atomic mass is 9.98. The van der Waals surface area contributed by atoms with Crippen molar-refractivity contribution >= 4 is 28.4 Å². The van der Waals surface area contributed by atoms with Crippen molar-refractivity contribution in [3.8, 4) is 0 Å². The molecule has 7 heteroatoms. The predicted octanol–water partition coefficient (Wildman–Crippen LogP) is 5.40. The molecule has 0 bridgehead atoms. The van der Waals surface area contributed by atoms with E-state index in [0.717, 1.165) is 44.7 Å². The summed E-state index contributed by atoms with van der Waals surface area (Å²) in [6.07, 6.45) is 14.8. The van der Waals surface area contributed by atoms with Crippen molar-refractivity contribution in [1.82, 2.24) is 25.6 Å². The number of dihydropyridines is 1. The Balaban J connectivity index is 2.12. The third kappa shape index (κ3) is 5.50. The molecule has 1 aliphatic heterocycles. The maximum Gasteiger partial charge on any atom is 0.141 e. The lowest BCUT2D eigenvalue weighted by molar-refractivity contribution is 0.216. The summed E-state index contributed by atoms with van der Waals surface area (Å²) in [7, 11) is 0. The van der Waals surface area contributed by atoms with Crippen LogP contribution in [0, 0.1) is 0 Å². The summed E-state index contributed by atoms with van der Waals surface area (Å²) in [6.45, 7) is 15.5. The smallest absolute Gasteiger partial charge is 0.141 e. The van der Waals surface area contributed by atoms with E-state index in [-0.39, 0.29) is 6.54 Å². The van der Waals surface area contributed by atoms with Gasteiger partial charge in [-0.05, 0) is 45.4 Å². The summed E-state index contributed by atoms with van der Waals surface area (Å²) in [5.41, 5.74) is 7.96. The van der Waals surface area contributed by atoms with Crippen molar-refractivity contribution < 1.29 is 4.39 Å². The summed E-state index contributed by atoms with van der Waals surface area (Å²) in [6, 6.07) is 0. The lowest BCUT2D eigenvalue weighted by Gasteiger charge is -2.20. The first-order chi connectivity index (χ1) is 16.3. The topological polar surface area (TPSA) is 78.0 Å². The maximum absolute atomic E-state index is 14.1. The van der Waals surface area contributed by atoms with Crippen molar-refractivity contribution in [2.24, 2.45) is 4.99 Å². The minimum Gasteiger partial charge on any atom is -0.375 e. The number of rotatable bonds is 9. The van der Waals surface area contributed by atoms with E-state index in [1.807, 2.05) is 50.7 Å². The molecule has 3 heterocycles. The Hall–Kier alpha value is -3.96. The average molecular weight is 459 g/mol. The number of nitrogens with one attached hydrogen (secondary N) is 3. The molecule has 0 radical (unpaired) electrons. The second-order valence-corrected chi connectivity index (χ2v) is 8.25. The molecule has 0 aromatic carbocycles. The first kappa shape index (κ1) is 24.7. The van der Waals surface area contributed by atoms with Crippen molar-refractivity contribution in [2.75, 3.05) is 13.1 Å². The number of alkyl halides is 1. The van der Waals surface area contributed by atoms with Crippen LogP contribution in [0.1, 0.15) is 39.0 Å². The molecule has 0 saturated heterocycles. The second kappa shape index (κ2) is 10.8. The molecule has 0 fully saturated rings. The quantitative estimate of drug-likeness (QED) is 0.347. The molecule has 6 nitrogen and oxygen atoms in total. The fourth-order valence-electron chi connectivity index (χ4n) is 3.56. The van der Waals surface area contributed by atoms with E-state index in [2.05, 4.69) is 49.5 Å². The first-order valence-electron chi connectivity index (χ1n) is 11.2. The molecule has 0 spiro atoms. The van der Waals surface area contributed by atoms with E-state index in [4.69, 9.17) is 0 Å². The van der Waals surface area contributed by atoms with Crippen LogP contribution >= 0.6 is 0 Å². The molecule has 0 aliphatic carbocycles. The zero-order valence-corrected chi connectivity index (χ0v) is 20.2. The molecule has 0 saturated carbocycles. The van der Waals surface area contributed by atoms with Gasteiger partial charge in [-0.1, -0.05) is 25.3 Å². The first-order valence-corrected chi connectivity index (χ1v) is 11.2. The number of aliphatic imine (C=N–C) groups is 1. The van der Waals surface area contributed by atoms with Crippen LogP contribution in [0.2, 0.25) is 0 Å². The SMILES string of the molecule is C=C=C(NCC(C)(C)F)/C(C=C)=C1\C=C(c2c[nH]c3ncnc(/C(C=NCC)=C/C)c23)C=CN1. The van der Waals surface area contributed by atoms with E-state index >= 15 is 0 Å². The highest BCUT2D eigenvalue weighted by molar-refractivity contribution is 6.15. The zero-order valence-electron chi connectivity index (χ0n) is 20.2. The van der Waals surface area contributed by atoms with Gasteiger partial charge in [-0.25, -0.2) is 14.4 Å². The van der Waals surface area contributed by atoms with Gasteiger partial charge in [0.15, 0.2) is 0 Å². The van der Waals surface area contributed by atoms with Gasteiger partial charge in [-0.3, -0.25) is 4.99 Å². The van der Waals surface area contributed by atoms with Gasteiger partial charge in [0.1, 0.15) is 17.6 Å². The summed E-state index contributed by atoms with van der Waals surface area (Å²) in [4.78, 5) is 16.6. The number of allylic oxidation sites excluding steroid dienone is 6. The standard InChI is InChI=1S/C27H31FN6/c1-7-18(14-29-10-4)25-24-21(15-31-26(24)34-17-33-25)19-11-12-30-23(13-19)20(8-2)22(9-3)32-16-27(5,6)28/h7-8,11-15,17,30,32H,2-3,10,16H2,1,4-6H3,(H,31,33,34)/b18-7+,23-20+,29-14?. The van der Waals surface area contributed by atoms with Crippen LogP contribution < -0.4 is 10.6 Å². The summed E-state index contributed by atoms with van der Waals surface area (Å²) in [5, 5.41) is 7.25. The Labute approximate surface area is 200 Å².